The number of thiazole rings is 1. The Morgan fingerprint density at radius 3 is 3.00 bits per heavy atom. The van der Waals surface area contributed by atoms with E-state index in [2.05, 4.69) is 24.9 Å². The largest absolute Gasteiger partial charge is 0.245 e. The Bertz CT molecular complexity index is 296. The molecule has 0 unspecified atom stereocenters. The van der Waals surface area contributed by atoms with Gasteiger partial charge in [0.25, 0.3) is 0 Å². The molecule has 1 aromatic heterocycles. The number of aryl methyl sites for hydroxylation is 1. The first kappa shape index (κ1) is 10.2. The predicted molar refractivity (Wildman–Crippen MR) is 54.6 cm³/mol. The zero-order valence-corrected chi connectivity index (χ0v) is 8.90. The average molecular weight is 194 g/mol. The topological polar surface area (TPSA) is 36.7 Å². The van der Waals surface area contributed by atoms with Gasteiger partial charge in [-0.3, -0.25) is 0 Å². The Morgan fingerprint density at radius 2 is 2.38 bits per heavy atom. The summed E-state index contributed by atoms with van der Waals surface area (Å²) in [7, 11) is 0. The summed E-state index contributed by atoms with van der Waals surface area (Å²) in [5.74, 6) is 0.725. The van der Waals surface area contributed by atoms with Crippen molar-refractivity contribution in [2.75, 3.05) is 0 Å². The lowest BCUT2D eigenvalue weighted by atomic mass is 10.1. The molecule has 0 saturated heterocycles. The van der Waals surface area contributed by atoms with Gasteiger partial charge in [-0.15, -0.1) is 11.3 Å². The molecule has 1 heterocycles. The molecule has 0 N–H and O–H groups in total. The quantitative estimate of drug-likeness (QED) is 0.739. The lowest BCUT2D eigenvalue weighted by molar-refractivity contribution is 0.585. The second-order valence-corrected chi connectivity index (χ2v) is 4.44. The van der Waals surface area contributed by atoms with Gasteiger partial charge in [-0.05, 0) is 18.8 Å². The summed E-state index contributed by atoms with van der Waals surface area (Å²) in [6.07, 6.45) is 2.67. The van der Waals surface area contributed by atoms with E-state index >= 15 is 0 Å². The molecule has 13 heavy (non-hydrogen) atoms. The molecule has 2 nitrogen and oxygen atoms in total. The maximum Gasteiger partial charge on any atom is 0.0928 e. The zero-order valence-electron chi connectivity index (χ0n) is 8.08. The Labute approximate surface area is 83.2 Å². The first-order valence-corrected chi connectivity index (χ1v) is 5.40. The summed E-state index contributed by atoms with van der Waals surface area (Å²) in [6, 6.07) is 2.11. The lowest BCUT2D eigenvalue weighted by Gasteiger charge is -1.99. The molecule has 1 aromatic rings. The Morgan fingerprint density at radius 1 is 1.62 bits per heavy atom. The highest BCUT2D eigenvalue weighted by Crippen LogP contribution is 2.14. The molecule has 0 atom stereocenters. The van der Waals surface area contributed by atoms with Crippen LogP contribution in [0.25, 0.3) is 0 Å². The minimum Gasteiger partial charge on any atom is -0.245 e. The molecule has 1 rings (SSSR count). The van der Waals surface area contributed by atoms with Gasteiger partial charge in [0.1, 0.15) is 0 Å². The Balaban J connectivity index is 2.45. The molecule has 0 saturated carbocycles. The highest BCUT2D eigenvalue weighted by Gasteiger charge is 2.02. The first-order valence-electron chi connectivity index (χ1n) is 4.52. The van der Waals surface area contributed by atoms with Crippen LogP contribution in [0.5, 0.6) is 0 Å². The molecule has 0 aliphatic heterocycles. The third kappa shape index (κ3) is 3.56. The SMILES string of the molecule is CC(C)CCc1nc(CC#N)cs1. The third-order valence-electron chi connectivity index (χ3n) is 1.80. The Kier molecular flexibility index (Phi) is 3.91. The minimum atomic E-state index is 0.443. The number of rotatable bonds is 4. The fraction of sp³-hybridized carbons (Fsp3) is 0.600. The number of hydrogen-bond acceptors (Lipinski definition) is 3. The van der Waals surface area contributed by atoms with Gasteiger partial charge >= 0.3 is 0 Å². The van der Waals surface area contributed by atoms with Crippen LogP contribution in [0, 0.1) is 17.2 Å². The highest BCUT2D eigenvalue weighted by molar-refractivity contribution is 7.09. The van der Waals surface area contributed by atoms with Crippen LogP contribution < -0.4 is 0 Å². The van der Waals surface area contributed by atoms with Crippen LogP contribution in [0.3, 0.4) is 0 Å². The van der Waals surface area contributed by atoms with E-state index in [1.807, 2.05) is 5.38 Å². The van der Waals surface area contributed by atoms with Gasteiger partial charge in [0.2, 0.25) is 0 Å². The van der Waals surface area contributed by atoms with Crippen molar-refractivity contribution in [3.8, 4) is 6.07 Å². The van der Waals surface area contributed by atoms with Crippen LogP contribution in [0.1, 0.15) is 31.0 Å². The van der Waals surface area contributed by atoms with Gasteiger partial charge in [0, 0.05) is 5.38 Å². The van der Waals surface area contributed by atoms with E-state index in [-0.39, 0.29) is 0 Å². The van der Waals surface area contributed by atoms with Gasteiger partial charge in [-0.25, -0.2) is 4.98 Å². The number of nitrogens with zero attached hydrogens (tertiary/aromatic N) is 2. The van der Waals surface area contributed by atoms with Crippen molar-refractivity contribution in [1.82, 2.24) is 4.98 Å². The second-order valence-electron chi connectivity index (χ2n) is 3.50. The zero-order chi connectivity index (χ0) is 9.68. The smallest absolute Gasteiger partial charge is 0.0928 e. The van der Waals surface area contributed by atoms with Crippen molar-refractivity contribution in [2.24, 2.45) is 5.92 Å². The van der Waals surface area contributed by atoms with Crippen LogP contribution in [-0.4, -0.2) is 4.98 Å². The van der Waals surface area contributed by atoms with Crippen molar-refractivity contribution in [3.63, 3.8) is 0 Å². The molecule has 0 spiro atoms. The van der Waals surface area contributed by atoms with Crippen molar-refractivity contribution >= 4 is 11.3 Å². The molecule has 3 heteroatoms. The maximum atomic E-state index is 8.46. The van der Waals surface area contributed by atoms with E-state index in [9.17, 15) is 0 Å². The van der Waals surface area contributed by atoms with Gasteiger partial charge in [-0.1, -0.05) is 13.8 Å². The third-order valence-corrected chi connectivity index (χ3v) is 2.75. The van der Waals surface area contributed by atoms with Crippen LogP contribution in [0.15, 0.2) is 5.38 Å². The first-order chi connectivity index (χ1) is 6.22. The minimum absolute atomic E-state index is 0.443. The summed E-state index contributed by atoms with van der Waals surface area (Å²) < 4.78 is 0. The fourth-order valence-electron chi connectivity index (χ4n) is 1.04. The molecule has 0 aromatic carbocycles. The van der Waals surface area contributed by atoms with Crippen molar-refractivity contribution in [2.45, 2.75) is 33.1 Å². The fourth-order valence-corrected chi connectivity index (χ4v) is 1.85. The molecule has 0 radical (unpaired) electrons. The van der Waals surface area contributed by atoms with E-state index < -0.39 is 0 Å². The summed E-state index contributed by atoms with van der Waals surface area (Å²) in [5, 5.41) is 11.6. The normalized spacial score (nSPS) is 10.3. The van der Waals surface area contributed by atoms with E-state index in [1.165, 1.54) is 11.4 Å². The molecule has 0 aliphatic rings. The summed E-state index contributed by atoms with van der Waals surface area (Å²) in [6.45, 7) is 4.42. The summed E-state index contributed by atoms with van der Waals surface area (Å²) in [5.41, 5.74) is 0.922. The van der Waals surface area contributed by atoms with Crippen LogP contribution >= 0.6 is 11.3 Å². The average Bonchev–Trinajstić information content (AvgIpc) is 2.50. The van der Waals surface area contributed by atoms with E-state index in [0.29, 0.717) is 6.42 Å². The predicted octanol–water partition coefficient (Wildman–Crippen LogP) is 2.80. The molecule has 0 fully saturated rings. The maximum absolute atomic E-state index is 8.46. The number of aromatic nitrogens is 1. The van der Waals surface area contributed by atoms with Crippen LogP contribution in [0.4, 0.5) is 0 Å². The Hall–Kier alpha value is -0.880. The monoisotopic (exact) mass is 194 g/mol. The molecular weight excluding hydrogens is 180 g/mol. The van der Waals surface area contributed by atoms with Crippen molar-refractivity contribution in [1.29, 1.82) is 5.26 Å². The van der Waals surface area contributed by atoms with Crippen LogP contribution in [0.2, 0.25) is 0 Å². The van der Waals surface area contributed by atoms with Gasteiger partial charge in [0.05, 0.1) is 23.2 Å². The van der Waals surface area contributed by atoms with E-state index in [0.717, 1.165) is 18.0 Å². The number of nitriles is 1. The second kappa shape index (κ2) is 4.98. The van der Waals surface area contributed by atoms with E-state index in [4.69, 9.17) is 5.26 Å². The molecule has 0 bridgehead atoms. The van der Waals surface area contributed by atoms with E-state index in [1.54, 1.807) is 11.3 Å². The highest BCUT2D eigenvalue weighted by atomic mass is 32.1. The van der Waals surface area contributed by atoms with Gasteiger partial charge in [0.15, 0.2) is 0 Å². The standard InChI is InChI=1S/C10H14N2S/c1-8(2)3-4-10-12-9(5-6-11)7-13-10/h7-8H,3-5H2,1-2H3. The van der Waals surface area contributed by atoms with Gasteiger partial charge < -0.3 is 0 Å². The number of hydrogen-bond donors (Lipinski definition) is 0. The summed E-state index contributed by atoms with van der Waals surface area (Å²) in [4.78, 5) is 4.37. The molecule has 0 aliphatic carbocycles. The molecular formula is C10H14N2S. The summed E-state index contributed by atoms with van der Waals surface area (Å²) >= 11 is 1.67. The lowest BCUT2D eigenvalue weighted by Crippen LogP contribution is -1.92. The van der Waals surface area contributed by atoms with Crippen molar-refractivity contribution in [3.05, 3.63) is 16.1 Å². The van der Waals surface area contributed by atoms with Crippen molar-refractivity contribution < 1.29 is 0 Å². The molecule has 0 amide bonds. The molecule has 70 valence electrons. The van der Waals surface area contributed by atoms with Gasteiger partial charge in [-0.2, -0.15) is 5.26 Å². The van der Waals surface area contributed by atoms with Crippen LogP contribution in [-0.2, 0) is 12.8 Å².